The molecule has 132 valence electrons. The number of nitro benzene ring substituents is 1. The number of nitrogens with zero attached hydrogens (tertiary/aromatic N) is 3. The zero-order valence-electron chi connectivity index (χ0n) is 13.5. The molecule has 0 aromatic heterocycles. The Hall–Kier alpha value is -2.81. The molecule has 3 rings (SSSR count). The molecule has 3 amide bonds. The van der Waals surface area contributed by atoms with E-state index in [4.69, 9.17) is 5.73 Å². The van der Waals surface area contributed by atoms with Crippen LogP contribution >= 0.6 is 0 Å². The second-order valence-corrected chi connectivity index (χ2v) is 6.25. The molecule has 2 saturated heterocycles. The van der Waals surface area contributed by atoms with Gasteiger partial charge < -0.3 is 5.73 Å². The molecule has 9 heteroatoms. The lowest BCUT2D eigenvalue weighted by Crippen LogP contribution is -2.47. The second kappa shape index (κ2) is 6.60. The van der Waals surface area contributed by atoms with Crippen LogP contribution in [0.4, 0.5) is 11.4 Å². The van der Waals surface area contributed by atoms with Crippen molar-refractivity contribution in [1.29, 1.82) is 0 Å². The second-order valence-electron chi connectivity index (χ2n) is 6.25. The molecule has 1 aromatic carbocycles. The maximum atomic E-state index is 12.8. The first-order chi connectivity index (χ1) is 11.9. The van der Waals surface area contributed by atoms with E-state index >= 15 is 0 Å². The number of imide groups is 1. The highest BCUT2D eigenvalue weighted by atomic mass is 16.6. The zero-order valence-corrected chi connectivity index (χ0v) is 13.5. The van der Waals surface area contributed by atoms with Crippen LogP contribution in [0.5, 0.6) is 0 Å². The van der Waals surface area contributed by atoms with Gasteiger partial charge in [-0.3, -0.25) is 29.4 Å². The fourth-order valence-electron chi connectivity index (χ4n) is 3.46. The van der Waals surface area contributed by atoms with Gasteiger partial charge in [-0.25, -0.2) is 4.90 Å². The smallest absolute Gasteiger partial charge is 0.293 e. The van der Waals surface area contributed by atoms with E-state index in [2.05, 4.69) is 0 Å². The van der Waals surface area contributed by atoms with Gasteiger partial charge in [-0.05, 0) is 32.0 Å². The van der Waals surface area contributed by atoms with E-state index in [1.54, 1.807) is 6.07 Å². The molecule has 2 N–H and O–H groups in total. The number of carbonyl (C=O) groups is 3. The van der Waals surface area contributed by atoms with Gasteiger partial charge in [-0.1, -0.05) is 12.1 Å². The first kappa shape index (κ1) is 17.0. The van der Waals surface area contributed by atoms with Gasteiger partial charge in [0.15, 0.2) is 0 Å². The number of anilines is 1. The van der Waals surface area contributed by atoms with E-state index in [0.29, 0.717) is 25.9 Å². The van der Waals surface area contributed by atoms with Crippen molar-refractivity contribution in [3.63, 3.8) is 0 Å². The van der Waals surface area contributed by atoms with Gasteiger partial charge in [0.2, 0.25) is 11.8 Å². The van der Waals surface area contributed by atoms with E-state index in [9.17, 15) is 24.5 Å². The Kier molecular flexibility index (Phi) is 4.49. The van der Waals surface area contributed by atoms with Crippen LogP contribution in [0.25, 0.3) is 0 Å². The van der Waals surface area contributed by atoms with Crippen molar-refractivity contribution in [2.45, 2.75) is 25.3 Å². The number of hydrogen-bond acceptors (Lipinski definition) is 6. The van der Waals surface area contributed by atoms with Gasteiger partial charge in [-0.2, -0.15) is 0 Å². The Morgan fingerprint density at radius 1 is 1.20 bits per heavy atom. The van der Waals surface area contributed by atoms with Crippen molar-refractivity contribution in [2.75, 3.05) is 18.0 Å². The van der Waals surface area contributed by atoms with Crippen LogP contribution in [0.15, 0.2) is 24.3 Å². The molecule has 0 spiro atoms. The number of hydrogen-bond donors (Lipinski definition) is 1. The number of primary amides is 1. The number of carbonyl (C=O) groups excluding carboxylic acids is 3. The first-order valence-corrected chi connectivity index (χ1v) is 8.03. The van der Waals surface area contributed by atoms with Crippen LogP contribution in [-0.2, 0) is 14.4 Å². The van der Waals surface area contributed by atoms with Crippen molar-refractivity contribution in [3.05, 3.63) is 34.4 Å². The van der Waals surface area contributed by atoms with Gasteiger partial charge in [0.25, 0.3) is 11.6 Å². The highest BCUT2D eigenvalue weighted by Crippen LogP contribution is 2.33. The Bertz CT molecular complexity index is 742. The summed E-state index contributed by atoms with van der Waals surface area (Å²) in [4.78, 5) is 49.7. The number of para-hydroxylation sites is 2. The minimum absolute atomic E-state index is 0.00276. The Balaban J connectivity index is 1.80. The summed E-state index contributed by atoms with van der Waals surface area (Å²) in [5.41, 5.74) is 5.02. The molecule has 0 aliphatic carbocycles. The van der Waals surface area contributed by atoms with Crippen molar-refractivity contribution in [3.8, 4) is 0 Å². The van der Waals surface area contributed by atoms with E-state index in [1.165, 1.54) is 18.2 Å². The number of piperidine rings is 1. The fraction of sp³-hybridized carbons (Fsp3) is 0.438. The SMILES string of the molecule is NC(=O)C1CCN([C@H]2CC(=O)N(c3ccccc3[N+](=O)[O-])C2=O)CC1. The molecule has 2 aliphatic rings. The largest absolute Gasteiger partial charge is 0.369 e. The summed E-state index contributed by atoms with van der Waals surface area (Å²) >= 11 is 0. The van der Waals surface area contributed by atoms with Gasteiger partial charge in [0.1, 0.15) is 5.69 Å². The Morgan fingerprint density at radius 2 is 1.84 bits per heavy atom. The van der Waals surface area contributed by atoms with Gasteiger partial charge in [0.05, 0.1) is 17.4 Å². The average Bonchev–Trinajstić information content (AvgIpc) is 2.89. The van der Waals surface area contributed by atoms with Crippen LogP contribution in [0.1, 0.15) is 19.3 Å². The minimum Gasteiger partial charge on any atom is -0.369 e. The highest BCUT2D eigenvalue weighted by Gasteiger charge is 2.45. The zero-order chi connectivity index (χ0) is 18.1. The number of amides is 3. The van der Waals surface area contributed by atoms with Crippen LogP contribution in [-0.4, -0.2) is 46.7 Å². The molecule has 0 unspecified atom stereocenters. The van der Waals surface area contributed by atoms with E-state index in [-0.39, 0.29) is 29.6 Å². The summed E-state index contributed by atoms with van der Waals surface area (Å²) in [5.74, 6) is -1.48. The monoisotopic (exact) mass is 346 g/mol. The summed E-state index contributed by atoms with van der Waals surface area (Å²) in [6.07, 6.45) is 1.06. The highest BCUT2D eigenvalue weighted by molar-refractivity contribution is 6.23. The fourth-order valence-corrected chi connectivity index (χ4v) is 3.46. The number of nitro groups is 1. The normalized spacial score (nSPS) is 22.4. The van der Waals surface area contributed by atoms with Crippen molar-refractivity contribution >= 4 is 29.1 Å². The lowest BCUT2D eigenvalue weighted by atomic mass is 9.95. The van der Waals surface area contributed by atoms with E-state index in [1.807, 2.05) is 4.90 Å². The molecule has 1 aromatic rings. The van der Waals surface area contributed by atoms with Crippen LogP contribution < -0.4 is 10.6 Å². The Morgan fingerprint density at radius 3 is 2.44 bits per heavy atom. The van der Waals surface area contributed by atoms with Gasteiger partial charge in [-0.15, -0.1) is 0 Å². The van der Waals surface area contributed by atoms with E-state index < -0.39 is 22.8 Å². The third kappa shape index (κ3) is 3.10. The van der Waals surface area contributed by atoms with Crippen LogP contribution in [0, 0.1) is 16.0 Å². The molecule has 9 nitrogen and oxygen atoms in total. The van der Waals surface area contributed by atoms with Crippen molar-refractivity contribution < 1.29 is 19.3 Å². The molecule has 0 radical (unpaired) electrons. The summed E-state index contributed by atoms with van der Waals surface area (Å²) < 4.78 is 0. The molecule has 1 atom stereocenters. The van der Waals surface area contributed by atoms with Gasteiger partial charge in [0, 0.05) is 12.0 Å². The summed E-state index contributed by atoms with van der Waals surface area (Å²) in [6, 6.07) is 5.05. The molecule has 2 fully saturated rings. The molecular formula is C16H18N4O5. The maximum absolute atomic E-state index is 12.8. The molecular weight excluding hydrogens is 328 g/mol. The van der Waals surface area contributed by atoms with E-state index in [0.717, 1.165) is 4.90 Å². The Labute approximate surface area is 143 Å². The number of benzene rings is 1. The lowest BCUT2D eigenvalue weighted by Gasteiger charge is -2.33. The van der Waals surface area contributed by atoms with Crippen LogP contribution in [0.2, 0.25) is 0 Å². The minimum atomic E-state index is -0.652. The quantitative estimate of drug-likeness (QED) is 0.478. The number of rotatable bonds is 4. The molecule has 2 heterocycles. The molecule has 0 saturated carbocycles. The topological polar surface area (TPSA) is 127 Å². The molecule has 25 heavy (non-hydrogen) atoms. The molecule has 0 bridgehead atoms. The number of nitrogens with two attached hydrogens (primary N) is 1. The van der Waals surface area contributed by atoms with Crippen molar-refractivity contribution in [1.82, 2.24) is 4.90 Å². The van der Waals surface area contributed by atoms with Gasteiger partial charge >= 0.3 is 0 Å². The number of likely N-dealkylation sites (tertiary alicyclic amines) is 1. The van der Waals surface area contributed by atoms with Crippen molar-refractivity contribution in [2.24, 2.45) is 11.7 Å². The predicted octanol–water partition coefficient (Wildman–Crippen LogP) is 0.424. The third-order valence-corrected chi connectivity index (χ3v) is 4.81. The molecule has 2 aliphatic heterocycles. The average molecular weight is 346 g/mol. The summed E-state index contributed by atoms with van der Waals surface area (Å²) in [7, 11) is 0. The van der Waals surface area contributed by atoms with Crippen LogP contribution in [0.3, 0.4) is 0 Å². The summed E-state index contributed by atoms with van der Waals surface area (Å²) in [6.45, 7) is 0.976. The predicted molar refractivity (Wildman–Crippen MR) is 87.5 cm³/mol. The third-order valence-electron chi connectivity index (χ3n) is 4.81. The lowest BCUT2D eigenvalue weighted by molar-refractivity contribution is -0.384. The standard InChI is InChI=1S/C16H18N4O5/c17-15(22)10-5-7-18(8-6-10)13-9-14(21)19(16(13)23)11-3-1-2-4-12(11)20(24)25/h1-4,10,13H,5-9H2,(H2,17,22)/t13-/m0/s1. The maximum Gasteiger partial charge on any atom is 0.293 e. The first-order valence-electron chi connectivity index (χ1n) is 8.03. The summed E-state index contributed by atoms with van der Waals surface area (Å²) in [5, 5.41) is 11.2.